The SMILES string of the molecule is CNc1oc(C)nc1C(=N)Nc1cc(OC)ccc1OC. The van der Waals surface area contributed by atoms with E-state index in [2.05, 4.69) is 15.6 Å². The van der Waals surface area contributed by atoms with Crippen LogP contribution in [0.2, 0.25) is 0 Å². The predicted molar refractivity (Wildman–Crippen MR) is 80.8 cm³/mol. The van der Waals surface area contributed by atoms with Gasteiger partial charge in [0.2, 0.25) is 5.88 Å². The minimum absolute atomic E-state index is 0.0998. The van der Waals surface area contributed by atoms with E-state index in [4.69, 9.17) is 19.3 Å². The molecule has 0 atom stereocenters. The van der Waals surface area contributed by atoms with Gasteiger partial charge < -0.3 is 24.5 Å². The molecule has 0 bridgehead atoms. The average Bonchev–Trinajstić information content (AvgIpc) is 2.88. The van der Waals surface area contributed by atoms with Gasteiger partial charge in [-0.2, -0.15) is 0 Å². The number of anilines is 2. The van der Waals surface area contributed by atoms with Crippen LogP contribution >= 0.6 is 0 Å². The molecule has 0 saturated heterocycles. The first-order valence-electron chi connectivity index (χ1n) is 6.32. The maximum Gasteiger partial charge on any atom is 0.224 e. The van der Waals surface area contributed by atoms with E-state index in [9.17, 15) is 0 Å². The van der Waals surface area contributed by atoms with E-state index in [0.29, 0.717) is 34.7 Å². The van der Waals surface area contributed by atoms with E-state index >= 15 is 0 Å². The Morgan fingerprint density at radius 3 is 2.67 bits per heavy atom. The summed E-state index contributed by atoms with van der Waals surface area (Å²) in [5, 5.41) is 14.0. The highest BCUT2D eigenvalue weighted by atomic mass is 16.5. The fourth-order valence-electron chi connectivity index (χ4n) is 1.87. The minimum Gasteiger partial charge on any atom is -0.497 e. The lowest BCUT2D eigenvalue weighted by Gasteiger charge is -2.12. The average molecular weight is 290 g/mol. The van der Waals surface area contributed by atoms with Crippen LogP contribution in [-0.4, -0.2) is 32.1 Å². The van der Waals surface area contributed by atoms with E-state index in [1.807, 2.05) is 0 Å². The van der Waals surface area contributed by atoms with E-state index in [1.54, 1.807) is 46.4 Å². The van der Waals surface area contributed by atoms with Gasteiger partial charge in [0.05, 0.1) is 19.9 Å². The van der Waals surface area contributed by atoms with Gasteiger partial charge in [0.25, 0.3) is 0 Å². The number of benzene rings is 1. The third-order valence-corrected chi connectivity index (χ3v) is 2.86. The first kappa shape index (κ1) is 14.7. The summed E-state index contributed by atoms with van der Waals surface area (Å²) in [6.45, 7) is 1.73. The largest absolute Gasteiger partial charge is 0.497 e. The summed E-state index contributed by atoms with van der Waals surface area (Å²) in [4.78, 5) is 4.19. The van der Waals surface area contributed by atoms with Gasteiger partial charge in [0, 0.05) is 20.0 Å². The minimum atomic E-state index is 0.0998. The molecule has 2 aromatic rings. The monoisotopic (exact) mass is 290 g/mol. The molecule has 0 radical (unpaired) electrons. The molecule has 1 aromatic carbocycles. The van der Waals surface area contributed by atoms with Crippen LogP contribution in [0.4, 0.5) is 11.6 Å². The van der Waals surface area contributed by atoms with Crippen LogP contribution in [-0.2, 0) is 0 Å². The lowest BCUT2D eigenvalue weighted by atomic mass is 10.2. The topological polar surface area (TPSA) is 92.4 Å². The summed E-state index contributed by atoms with van der Waals surface area (Å²) >= 11 is 0. The highest BCUT2D eigenvalue weighted by Gasteiger charge is 2.16. The zero-order valence-electron chi connectivity index (χ0n) is 12.4. The van der Waals surface area contributed by atoms with Crippen LogP contribution < -0.4 is 20.1 Å². The number of hydrogen-bond donors (Lipinski definition) is 3. The Balaban J connectivity index is 2.30. The fourth-order valence-corrected chi connectivity index (χ4v) is 1.87. The summed E-state index contributed by atoms with van der Waals surface area (Å²) in [7, 11) is 4.86. The highest BCUT2D eigenvalue weighted by molar-refractivity contribution is 6.08. The fraction of sp³-hybridized carbons (Fsp3) is 0.286. The Bertz CT molecular complexity index is 652. The van der Waals surface area contributed by atoms with Gasteiger partial charge in [0.15, 0.2) is 17.4 Å². The van der Waals surface area contributed by atoms with Crippen molar-refractivity contribution >= 4 is 17.4 Å². The summed E-state index contributed by atoms with van der Waals surface area (Å²) in [6, 6.07) is 5.30. The second-order valence-electron chi connectivity index (χ2n) is 4.23. The molecule has 0 fully saturated rings. The first-order chi connectivity index (χ1) is 10.1. The van der Waals surface area contributed by atoms with Gasteiger partial charge >= 0.3 is 0 Å². The maximum absolute atomic E-state index is 8.15. The molecule has 0 unspecified atom stereocenters. The molecule has 1 heterocycles. The van der Waals surface area contributed by atoms with Crippen molar-refractivity contribution in [3.63, 3.8) is 0 Å². The van der Waals surface area contributed by atoms with Gasteiger partial charge in [0.1, 0.15) is 11.5 Å². The summed E-state index contributed by atoms with van der Waals surface area (Å²) in [5.74, 6) is 2.29. The molecule has 7 nitrogen and oxygen atoms in total. The zero-order chi connectivity index (χ0) is 15.4. The molecule has 0 saturated carbocycles. The Hall–Kier alpha value is -2.70. The van der Waals surface area contributed by atoms with E-state index in [0.717, 1.165) is 0 Å². The van der Waals surface area contributed by atoms with Gasteiger partial charge in [-0.15, -0.1) is 0 Å². The van der Waals surface area contributed by atoms with Crippen LogP contribution in [0.5, 0.6) is 11.5 Å². The molecule has 0 aliphatic heterocycles. The number of methoxy groups -OCH3 is 2. The van der Waals surface area contributed by atoms with Crippen LogP contribution in [0.15, 0.2) is 22.6 Å². The Labute approximate surface area is 122 Å². The summed E-state index contributed by atoms with van der Waals surface area (Å²) < 4.78 is 15.8. The van der Waals surface area contributed by atoms with Gasteiger partial charge in [-0.1, -0.05) is 0 Å². The molecule has 0 aliphatic rings. The Kier molecular flexibility index (Phi) is 4.32. The van der Waals surface area contributed by atoms with Crippen molar-refractivity contribution in [2.75, 3.05) is 31.9 Å². The quantitative estimate of drug-likeness (QED) is 0.578. The van der Waals surface area contributed by atoms with Crippen molar-refractivity contribution in [2.24, 2.45) is 0 Å². The molecule has 7 heteroatoms. The molecule has 112 valence electrons. The van der Waals surface area contributed by atoms with Crippen LogP contribution in [0.1, 0.15) is 11.6 Å². The lowest BCUT2D eigenvalue weighted by molar-refractivity contribution is 0.405. The maximum atomic E-state index is 8.15. The second-order valence-corrected chi connectivity index (χ2v) is 4.23. The van der Waals surface area contributed by atoms with Gasteiger partial charge in [-0.25, -0.2) is 4.98 Å². The Morgan fingerprint density at radius 1 is 1.29 bits per heavy atom. The number of aromatic nitrogens is 1. The number of oxazole rings is 1. The molecule has 0 amide bonds. The first-order valence-corrected chi connectivity index (χ1v) is 6.32. The van der Waals surface area contributed by atoms with Gasteiger partial charge in [-0.3, -0.25) is 5.41 Å². The molecular weight excluding hydrogens is 272 g/mol. The molecule has 21 heavy (non-hydrogen) atoms. The highest BCUT2D eigenvalue weighted by Crippen LogP contribution is 2.29. The number of ether oxygens (including phenoxy) is 2. The molecule has 0 spiro atoms. The zero-order valence-corrected chi connectivity index (χ0v) is 12.4. The number of nitrogens with zero attached hydrogens (tertiary/aromatic N) is 1. The number of nitrogens with one attached hydrogen (secondary N) is 3. The number of aryl methyl sites for hydroxylation is 1. The smallest absolute Gasteiger partial charge is 0.224 e. The van der Waals surface area contributed by atoms with Crippen molar-refractivity contribution in [2.45, 2.75) is 6.92 Å². The number of rotatable bonds is 5. The summed E-state index contributed by atoms with van der Waals surface area (Å²) in [5.41, 5.74) is 1.02. The van der Waals surface area contributed by atoms with Crippen molar-refractivity contribution in [1.82, 2.24) is 4.98 Å². The lowest BCUT2D eigenvalue weighted by Crippen LogP contribution is -2.15. The Morgan fingerprint density at radius 2 is 2.05 bits per heavy atom. The predicted octanol–water partition coefficient (Wildman–Crippen LogP) is 2.48. The number of hydrogen-bond acceptors (Lipinski definition) is 6. The molecule has 0 aliphatic carbocycles. The van der Waals surface area contributed by atoms with Crippen LogP contribution in [0, 0.1) is 12.3 Å². The van der Waals surface area contributed by atoms with Crippen LogP contribution in [0.3, 0.4) is 0 Å². The summed E-state index contributed by atoms with van der Waals surface area (Å²) in [6.07, 6.45) is 0. The third kappa shape index (κ3) is 3.07. The van der Waals surface area contributed by atoms with Crippen molar-refractivity contribution in [1.29, 1.82) is 5.41 Å². The van der Waals surface area contributed by atoms with E-state index in [1.165, 1.54) is 0 Å². The van der Waals surface area contributed by atoms with Crippen molar-refractivity contribution in [3.05, 3.63) is 29.8 Å². The molecule has 1 aromatic heterocycles. The molecular formula is C14H18N4O3. The molecule has 2 rings (SSSR count). The third-order valence-electron chi connectivity index (χ3n) is 2.86. The molecule has 3 N–H and O–H groups in total. The normalized spacial score (nSPS) is 10.1. The van der Waals surface area contributed by atoms with Gasteiger partial charge in [-0.05, 0) is 12.1 Å². The van der Waals surface area contributed by atoms with Crippen molar-refractivity contribution in [3.8, 4) is 11.5 Å². The van der Waals surface area contributed by atoms with Crippen molar-refractivity contribution < 1.29 is 13.9 Å². The number of amidine groups is 1. The standard InChI is InChI=1S/C14H18N4O3/c1-8-17-12(14(16-2)21-8)13(15)18-10-7-9(19-3)5-6-11(10)20-4/h5-7,16H,1-4H3,(H2,15,18). The van der Waals surface area contributed by atoms with E-state index < -0.39 is 0 Å². The van der Waals surface area contributed by atoms with Crippen LogP contribution in [0.25, 0.3) is 0 Å². The second kappa shape index (κ2) is 6.17. The van der Waals surface area contributed by atoms with E-state index in [-0.39, 0.29) is 5.84 Å².